The van der Waals surface area contributed by atoms with Crippen molar-refractivity contribution in [3.8, 4) is 11.1 Å². The molecule has 0 aliphatic rings. The fourth-order valence-corrected chi connectivity index (χ4v) is 2.22. The topological polar surface area (TPSA) is 18.5 Å². The molecule has 0 spiro atoms. The average molecular weight is 400 g/mol. The quantitative estimate of drug-likeness (QED) is 0.603. The van der Waals surface area contributed by atoms with E-state index < -0.39 is 0 Å². The van der Waals surface area contributed by atoms with Crippen LogP contribution in [-0.4, -0.2) is 11.0 Å². The predicted octanol–water partition coefficient (Wildman–Crippen LogP) is 5.09. The van der Waals surface area contributed by atoms with Crippen LogP contribution in [0.1, 0.15) is 11.1 Å². The van der Waals surface area contributed by atoms with E-state index in [1.54, 1.807) is 0 Å². The molecule has 4 heteroatoms. The molecule has 0 fully saturated rings. The Morgan fingerprint density at radius 2 is 0.950 bits per heavy atom. The minimum atomic E-state index is 0.562. The Bertz CT molecular complexity index is 460. The molecule has 0 unspecified atom stereocenters. The summed E-state index contributed by atoms with van der Waals surface area (Å²) in [5.41, 5.74) is 5.89. The van der Waals surface area contributed by atoms with Crippen LogP contribution in [0.2, 0.25) is 0 Å². The van der Waals surface area contributed by atoms with Gasteiger partial charge in [-0.2, -0.15) is 0 Å². The fourth-order valence-electron chi connectivity index (χ4n) is 1.90. The number of ether oxygens (including phenoxy) is 2. The van der Waals surface area contributed by atoms with Gasteiger partial charge in [0.05, 0.1) is 13.2 Å². The Balaban J connectivity index is 2.03. The van der Waals surface area contributed by atoms with Crippen molar-refractivity contribution in [1.29, 1.82) is 0 Å². The van der Waals surface area contributed by atoms with E-state index >= 15 is 0 Å². The first-order chi connectivity index (χ1) is 9.83. The second kappa shape index (κ2) is 8.57. The molecule has 0 N–H and O–H groups in total. The summed E-state index contributed by atoms with van der Waals surface area (Å²) in [7, 11) is 0. The van der Waals surface area contributed by atoms with E-state index in [-0.39, 0.29) is 0 Å². The molecule has 2 aromatic carbocycles. The molecule has 2 nitrogen and oxygen atoms in total. The molecular weight excluding hydrogens is 384 g/mol. The highest BCUT2D eigenvalue weighted by Gasteiger charge is 1.99. The zero-order chi connectivity index (χ0) is 14.2. The largest absolute Gasteiger partial charge is 0.366 e. The van der Waals surface area contributed by atoms with Gasteiger partial charge < -0.3 is 9.47 Å². The highest BCUT2D eigenvalue weighted by Crippen LogP contribution is 2.21. The number of hydrogen-bond acceptors (Lipinski definition) is 2. The lowest BCUT2D eigenvalue weighted by Crippen LogP contribution is -1.91. The van der Waals surface area contributed by atoms with E-state index in [1.807, 2.05) is 0 Å². The molecule has 0 aromatic heterocycles. The van der Waals surface area contributed by atoms with Crippen molar-refractivity contribution in [2.45, 2.75) is 13.2 Å². The van der Waals surface area contributed by atoms with Gasteiger partial charge in [-0.25, -0.2) is 0 Å². The summed E-state index contributed by atoms with van der Waals surface area (Å²) < 4.78 is 10.6. The van der Waals surface area contributed by atoms with Gasteiger partial charge in [-0.15, -0.1) is 0 Å². The van der Waals surface area contributed by atoms with Gasteiger partial charge in [0, 0.05) is 0 Å². The van der Waals surface area contributed by atoms with Crippen molar-refractivity contribution in [3.05, 3.63) is 59.7 Å². The first-order valence-corrected chi connectivity index (χ1v) is 8.53. The van der Waals surface area contributed by atoms with Crippen molar-refractivity contribution in [2.24, 2.45) is 0 Å². The standard InChI is InChI=1S/C16H16Br2O2/c17-11-19-9-13-1-5-15(6-2-13)16-7-3-14(4-8-16)10-20-12-18/h1-8H,9-12H2. The summed E-state index contributed by atoms with van der Waals surface area (Å²) in [4.78, 5) is 0. The zero-order valence-electron chi connectivity index (χ0n) is 11.0. The highest BCUT2D eigenvalue weighted by molar-refractivity contribution is 9.09. The van der Waals surface area contributed by atoms with E-state index in [0.29, 0.717) is 24.2 Å². The third kappa shape index (κ3) is 4.70. The molecule has 0 saturated carbocycles. The van der Waals surface area contributed by atoms with E-state index in [1.165, 1.54) is 22.3 Å². The minimum Gasteiger partial charge on any atom is -0.366 e. The van der Waals surface area contributed by atoms with Crippen LogP contribution in [0.15, 0.2) is 48.5 Å². The van der Waals surface area contributed by atoms with Gasteiger partial charge in [-0.1, -0.05) is 80.4 Å². The molecule has 0 aliphatic carbocycles. The Hall–Kier alpha value is -0.680. The van der Waals surface area contributed by atoms with Gasteiger partial charge in [-0.05, 0) is 22.3 Å². The molecule has 2 rings (SSSR count). The molecular formula is C16H16Br2O2. The summed E-state index contributed by atoms with van der Waals surface area (Å²) in [5, 5.41) is 0. The normalized spacial score (nSPS) is 10.7. The molecule has 106 valence electrons. The number of benzene rings is 2. The summed E-state index contributed by atoms with van der Waals surface area (Å²) in [6, 6.07) is 16.9. The lowest BCUT2D eigenvalue weighted by Gasteiger charge is -2.06. The summed E-state index contributed by atoms with van der Waals surface area (Å²) in [5.74, 6) is 0. The van der Waals surface area contributed by atoms with Crippen LogP contribution in [0, 0.1) is 0 Å². The monoisotopic (exact) mass is 398 g/mol. The molecule has 0 saturated heterocycles. The summed E-state index contributed by atoms with van der Waals surface area (Å²) in [6.07, 6.45) is 0. The van der Waals surface area contributed by atoms with Gasteiger partial charge in [0.15, 0.2) is 0 Å². The van der Waals surface area contributed by atoms with Crippen LogP contribution in [0.3, 0.4) is 0 Å². The van der Waals surface area contributed by atoms with Crippen molar-refractivity contribution in [3.63, 3.8) is 0 Å². The first-order valence-electron chi connectivity index (χ1n) is 6.29. The predicted molar refractivity (Wildman–Crippen MR) is 89.0 cm³/mol. The van der Waals surface area contributed by atoms with Crippen molar-refractivity contribution < 1.29 is 9.47 Å². The second-order valence-corrected chi connectivity index (χ2v) is 5.22. The highest BCUT2D eigenvalue weighted by atomic mass is 79.9. The smallest absolute Gasteiger partial charge is 0.102 e. The van der Waals surface area contributed by atoms with Crippen molar-refractivity contribution >= 4 is 31.9 Å². The third-order valence-electron chi connectivity index (χ3n) is 2.93. The van der Waals surface area contributed by atoms with Gasteiger partial charge in [-0.3, -0.25) is 0 Å². The Kier molecular flexibility index (Phi) is 6.73. The molecule has 2 aromatic rings. The maximum atomic E-state index is 5.32. The summed E-state index contributed by atoms with van der Waals surface area (Å²) in [6.45, 7) is 1.27. The van der Waals surface area contributed by atoms with Crippen molar-refractivity contribution in [2.75, 3.05) is 11.0 Å². The van der Waals surface area contributed by atoms with Crippen LogP contribution >= 0.6 is 31.9 Å². The molecule has 0 amide bonds. The van der Waals surface area contributed by atoms with Gasteiger partial charge in [0.1, 0.15) is 11.0 Å². The van der Waals surface area contributed by atoms with E-state index in [4.69, 9.17) is 9.47 Å². The fraction of sp³-hybridized carbons (Fsp3) is 0.250. The Labute approximate surface area is 136 Å². The molecule has 0 atom stereocenters. The zero-order valence-corrected chi connectivity index (χ0v) is 14.2. The van der Waals surface area contributed by atoms with Gasteiger partial charge in [0.2, 0.25) is 0 Å². The third-order valence-corrected chi connectivity index (χ3v) is 3.58. The van der Waals surface area contributed by atoms with Crippen LogP contribution in [-0.2, 0) is 22.7 Å². The van der Waals surface area contributed by atoms with Gasteiger partial charge in [0.25, 0.3) is 0 Å². The number of halogens is 2. The molecule has 20 heavy (non-hydrogen) atoms. The Morgan fingerprint density at radius 1 is 0.600 bits per heavy atom. The number of rotatable bonds is 7. The Morgan fingerprint density at radius 3 is 1.25 bits per heavy atom. The number of hydrogen-bond donors (Lipinski definition) is 0. The van der Waals surface area contributed by atoms with E-state index in [0.717, 1.165) is 0 Å². The molecule has 0 heterocycles. The summed E-state index contributed by atoms with van der Waals surface area (Å²) >= 11 is 6.49. The maximum absolute atomic E-state index is 5.32. The first kappa shape index (κ1) is 15.7. The minimum absolute atomic E-state index is 0.562. The lowest BCUT2D eigenvalue weighted by molar-refractivity contribution is 0.172. The van der Waals surface area contributed by atoms with Crippen molar-refractivity contribution in [1.82, 2.24) is 0 Å². The lowest BCUT2D eigenvalue weighted by atomic mass is 10.0. The van der Waals surface area contributed by atoms with Gasteiger partial charge >= 0.3 is 0 Å². The maximum Gasteiger partial charge on any atom is 0.102 e. The average Bonchev–Trinajstić information content (AvgIpc) is 2.52. The molecule has 0 radical (unpaired) electrons. The van der Waals surface area contributed by atoms with Crippen LogP contribution in [0.4, 0.5) is 0 Å². The van der Waals surface area contributed by atoms with Crippen LogP contribution < -0.4 is 0 Å². The van der Waals surface area contributed by atoms with E-state index in [2.05, 4.69) is 80.4 Å². The number of alkyl halides is 2. The van der Waals surface area contributed by atoms with E-state index in [9.17, 15) is 0 Å². The van der Waals surface area contributed by atoms with Crippen LogP contribution in [0.25, 0.3) is 11.1 Å². The molecule has 0 bridgehead atoms. The second-order valence-electron chi connectivity index (χ2n) is 4.31. The van der Waals surface area contributed by atoms with Crippen LogP contribution in [0.5, 0.6) is 0 Å². The molecule has 0 aliphatic heterocycles. The SMILES string of the molecule is BrCOCc1ccc(-c2ccc(COCBr)cc2)cc1.